The van der Waals surface area contributed by atoms with Crippen molar-refractivity contribution in [3.05, 3.63) is 12.7 Å². The van der Waals surface area contributed by atoms with Gasteiger partial charge in [-0.05, 0) is 51.1 Å². The van der Waals surface area contributed by atoms with Crippen LogP contribution < -0.4 is 5.32 Å². The third-order valence-electron chi connectivity index (χ3n) is 2.62. The van der Waals surface area contributed by atoms with E-state index in [1.807, 2.05) is 6.08 Å². The van der Waals surface area contributed by atoms with Crippen molar-refractivity contribution < 1.29 is 5.11 Å². The van der Waals surface area contributed by atoms with Gasteiger partial charge < -0.3 is 10.4 Å². The summed E-state index contributed by atoms with van der Waals surface area (Å²) in [5.74, 6) is 0.458. The zero-order chi connectivity index (χ0) is 11.4. The molecule has 0 fully saturated rings. The van der Waals surface area contributed by atoms with Crippen LogP contribution in [0.5, 0.6) is 0 Å². The minimum atomic E-state index is 0.321. The van der Waals surface area contributed by atoms with Gasteiger partial charge in [-0.2, -0.15) is 0 Å². The lowest BCUT2D eigenvalue weighted by Gasteiger charge is -2.08. The number of rotatable bonds is 11. The maximum atomic E-state index is 8.83. The Morgan fingerprint density at radius 2 is 1.93 bits per heavy atom. The molecule has 0 amide bonds. The Morgan fingerprint density at radius 3 is 2.60 bits per heavy atom. The fourth-order valence-electron chi connectivity index (χ4n) is 1.51. The van der Waals surface area contributed by atoms with Crippen LogP contribution >= 0.6 is 0 Å². The minimum Gasteiger partial charge on any atom is -0.396 e. The predicted molar refractivity (Wildman–Crippen MR) is 67.0 cm³/mol. The monoisotopic (exact) mass is 213 g/mol. The van der Waals surface area contributed by atoms with Gasteiger partial charge >= 0.3 is 0 Å². The van der Waals surface area contributed by atoms with E-state index in [2.05, 4.69) is 18.8 Å². The smallest absolute Gasteiger partial charge is 0.0456 e. The van der Waals surface area contributed by atoms with Crippen LogP contribution in [0.3, 0.4) is 0 Å². The van der Waals surface area contributed by atoms with Gasteiger partial charge in [-0.15, -0.1) is 6.58 Å². The van der Waals surface area contributed by atoms with E-state index in [-0.39, 0.29) is 0 Å². The van der Waals surface area contributed by atoms with Gasteiger partial charge in [0.25, 0.3) is 0 Å². The zero-order valence-corrected chi connectivity index (χ0v) is 10.2. The van der Waals surface area contributed by atoms with E-state index in [0.29, 0.717) is 12.5 Å². The van der Waals surface area contributed by atoms with Crippen molar-refractivity contribution in [3.8, 4) is 0 Å². The van der Waals surface area contributed by atoms with Gasteiger partial charge in [0.2, 0.25) is 0 Å². The average Bonchev–Trinajstić information content (AvgIpc) is 2.26. The lowest BCUT2D eigenvalue weighted by Crippen LogP contribution is -2.17. The predicted octanol–water partition coefficient (Wildman–Crippen LogP) is 2.73. The summed E-state index contributed by atoms with van der Waals surface area (Å²) in [7, 11) is 0. The summed E-state index contributed by atoms with van der Waals surface area (Å²) in [5, 5.41) is 12.3. The van der Waals surface area contributed by atoms with Gasteiger partial charge in [0, 0.05) is 6.61 Å². The van der Waals surface area contributed by atoms with Gasteiger partial charge in [-0.3, -0.25) is 0 Å². The molecule has 2 N–H and O–H groups in total. The zero-order valence-electron chi connectivity index (χ0n) is 10.2. The Balaban J connectivity index is 2.95. The van der Waals surface area contributed by atoms with E-state index in [9.17, 15) is 0 Å². The highest BCUT2D eigenvalue weighted by molar-refractivity contribution is 4.65. The second-order valence-corrected chi connectivity index (χ2v) is 4.32. The number of hydrogen-bond donors (Lipinski definition) is 2. The molecule has 0 aliphatic heterocycles. The molecule has 0 aliphatic carbocycles. The van der Waals surface area contributed by atoms with E-state index >= 15 is 0 Å². The number of unbranched alkanes of at least 4 members (excludes halogenated alkanes) is 3. The maximum Gasteiger partial charge on any atom is 0.0456 e. The Hall–Kier alpha value is -0.340. The summed E-state index contributed by atoms with van der Waals surface area (Å²) in [4.78, 5) is 0. The molecule has 0 bridgehead atoms. The summed E-state index contributed by atoms with van der Waals surface area (Å²) in [5.41, 5.74) is 0. The molecule has 2 nitrogen and oxygen atoms in total. The maximum absolute atomic E-state index is 8.83. The normalized spacial score (nSPS) is 12.7. The van der Waals surface area contributed by atoms with Crippen molar-refractivity contribution in [2.75, 3.05) is 19.7 Å². The SMILES string of the molecule is C=CCCCCCNCCCC(C)CO. The summed E-state index contributed by atoms with van der Waals surface area (Å²) in [6, 6.07) is 0. The first-order valence-corrected chi connectivity index (χ1v) is 6.23. The van der Waals surface area contributed by atoms with E-state index < -0.39 is 0 Å². The first-order valence-electron chi connectivity index (χ1n) is 6.23. The second kappa shape index (κ2) is 11.7. The lowest BCUT2D eigenvalue weighted by atomic mass is 10.1. The minimum absolute atomic E-state index is 0.321. The van der Waals surface area contributed by atoms with Crippen molar-refractivity contribution >= 4 is 0 Å². The fourth-order valence-corrected chi connectivity index (χ4v) is 1.51. The first-order chi connectivity index (χ1) is 7.31. The Kier molecular flexibility index (Phi) is 11.5. The van der Waals surface area contributed by atoms with Crippen molar-refractivity contribution in [2.45, 2.75) is 45.4 Å². The largest absolute Gasteiger partial charge is 0.396 e. The van der Waals surface area contributed by atoms with Crippen LogP contribution in [0.25, 0.3) is 0 Å². The van der Waals surface area contributed by atoms with Crippen molar-refractivity contribution in [3.63, 3.8) is 0 Å². The van der Waals surface area contributed by atoms with Crippen molar-refractivity contribution in [1.29, 1.82) is 0 Å². The quantitative estimate of drug-likeness (QED) is 0.408. The van der Waals surface area contributed by atoms with Gasteiger partial charge in [0.1, 0.15) is 0 Å². The highest BCUT2D eigenvalue weighted by atomic mass is 16.3. The molecule has 0 heterocycles. The fraction of sp³-hybridized carbons (Fsp3) is 0.846. The summed E-state index contributed by atoms with van der Waals surface area (Å²) < 4.78 is 0. The molecule has 0 aromatic carbocycles. The molecule has 0 spiro atoms. The molecule has 0 rings (SSSR count). The molecule has 0 radical (unpaired) electrons. The van der Waals surface area contributed by atoms with Crippen molar-refractivity contribution in [1.82, 2.24) is 5.32 Å². The number of hydrogen-bond acceptors (Lipinski definition) is 2. The molecule has 15 heavy (non-hydrogen) atoms. The third-order valence-corrected chi connectivity index (χ3v) is 2.62. The lowest BCUT2D eigenvalue weighted by molar-refractivity contribution is 0.228. The molecule has 0 aliphatic rings. The van der Waals surface area contributed by atoms with Crippen LogP contribution in [0.2, 0.25) is 0 Å². The highest BCUT2D eigenvalue weighted by Crippen LogP contribution is 2.03. The highest BCUT2D eigenvalue weighted by Gasteiger charge is 1.98. The molecule has 0 aromatic heterocycles. The first kappa shape index (κ1) is 14.7. The van der Waals surface area contributed by atoms with Crippen LogP contribution in [0.1, 0.15) is 45.4 Å². The molecule has 90 valence electrons. The van der Waals surface area contributed by atoms with Crippen LogP contribution in [0.15, 0.2) is 12.7 Å². The van der Waals surface area contributed by atoms with Gasteiger partial charge in [0.05, 0.1) is 0 Å². The van der Waals surface area contributed by atoms with Crippen molar-refractivity contribution in [2.24, 2.45) is 5.92 Å². The van der Waals surface area contributed by atoms with Crippen LogP contribution in [-0.2, 0) is 0 Å². The molecular weight excluding hydrogens is 186 g/mol. The van der Waals surface area contributed by atoms with Gasteiger partial charge in [0.15, 0.2) is 0 Å². The topological polar surface area (TPSA) is 32.3 Å². The molecule has 2 heteroatoms. The van der Waals surface area contributed by atoms with Gasteiger partial charge in [-0.1, -0.05) is 19.4 Å². The average molecular weight is 213 g/mol. The molecule has 1 unspecified atom stereocenters. The van der Waals surface area contributed by atoms with Crippen LogP contribution in [0, 0.1) is 5.92 Å². The Morgan fingerprint density at radius 1 is 1.20 bits per heavy atom. The Bertz CT molecular complexity index is 136. The van der Waals surface area contributed by atoms with Crippen LogP contribution in [-0.4, -0.2) is 24.8 Å². The van der Waals surface area contributed by atoms with E-state index in [4.69, 9.17) is 5.11 Å². The molecule has 0 saturated carbocycles. The Labute approximate surface area is 94.8 Å². The molecular formula is C13H27NO. The van der Waals surface area contributed by atoms with Gasteiger partial charge in [-0.25, -0.2) is 0 Å². The van der Waals surface area contributed by atoms with E-state index in [1.54, 1.807) is 0 Å². The number of allylic oxidation sites excluding steroid dienone is 1. The summed E-state index contributed by atoms with van der Waals surface area (Å²) in [6.07, 6.45) is 9.27. The summed E-state index contributed by atoms with van der Waals surface area (Å²) >= 11 is 0. The number of aliphatic hydroxyl groups excluding tert-OH is 1. The molecule has 0 aromatic rings. The van der Waals surface area contributed by atoms with Crippen LogP contribution in [0.4, 0.5) is 0 Å². The third kappa shape index (κ3) is 11.6. The molecule has 0 saturated heterocycles. The van der Waals surface area contributed by atoms with E-state index in [1.165, 1.54) is 25.7 Å². The molecule has 1 atom stereocenters. The number of nitrogens with one attached hydrogen (secondary N) is 1. The second-order valence-electron chi connectivity index (χ2n) is 4.32. The standard InChI is InChI=1S/C13H27NO/c1-3-4-5-6-7-10-14-11-8-9-13(2)12-15/h3,13-15H,1,4-12H2,2H3. The van der Waals surface area contributed by atoms with E-state index in [0.717, 1.165) is 25.9 Å². The number of aliphatic hydroxyl groups is 1. The summed E-state index contributed by atoms with van der Waals surface area (Å²) in [6.45, 7) is 8.34.